The molecule has 4 nitrogen and oxygen atoms in total. The molecule has 1 aromatic heterocycles. The minimum atomic E-state index is -0.681. The molecule has 1 aromatic rings. The average molecular weight is 161 g/mol. The van der Waals surface area contributed by atoms with Gasteiger partial charge in [0.15, 0.2) is 0 Å². The Morgan fingerprint density at radius 3 is 2.92 bits per heavy atom. The van der Waals surface area contributed by atoms with E-state index in [2.05, 4.69) is 16.8 Å². The molecule has 0 saturated carbocycles. The number of nitrogens with zero attached hydrogens (tertiary/aromatic N) is 1. The predicted molar refractivity (Wildman–Crippen MR) is 44.7 cm³/mol. The van der Waals surface area contributed by atoms with Gasteiger partial charge >= 0.3 is 0 Å². The van der Waals surface area contributed by atoms with Gasteiger partial charge in [-0.3, -0.25) is 4.79 Å². The van der Waals surface area contributed by atoms with Crippen molar-refractivity contribution in [3.05, 3.63) is 24.0 Å². The Hall–Kier alpha value is -2.02. The lowest BCUT2D eigenvalue weighted by molar-refractivity contribution is -0.112. The smallest absolute Gasteiger partial charge is 0.293 e. The molecule has 4 N–H and O–H groups in total. The van der Waals surface area contributed by atoms with Crippen molar-refractivity contribution in [1.29, 1.82) is 0 Å². The molecule has 1 rings (SSSR count). The molecule has 0 aliphatic rings. The normalized spacial score (nSPS) is 8.33. The molecule has 1 amide bonds. The van der Waals surface area contributed by atoms with Crippen LogP contribution in [0.5, 0.6) is 0 Å². The SMILES string of the molecule is NC(=O)C#Cc1cc(N)ccn1. The minimum absolute atomic E-state index is 0.439. The Morgan fingerprint density at radius 1 is 1.58 bits per heavy atom. The first-order valence-electron chi connectivity index (χ1n) is 3.21. The number of primary amides is 1. The van der Waals surface area contributed by atoms with Crippen molar-refractivity contribution in [2.75, 3.05) is 5.73 Å². The summed E-state index contributed by atoms with van der Waals surface area (Å²) in [5, 5.41) is 0. The minimum Gasteiger partial charge on any atom is -0.399 e. The van der Waals surface area contributed by atoms with Gasteiger partial charge in [0.05, 0.1) is 0 Å². The molecule has 0 spiro atoms. The zero-order valence-corrected chi connectivity index (χ0v) is 6.24. The number of carbonyl (C=O) groups is 1. The van der Waals surface area contributed by atoms with Crippen molar-refractivity contribution in [3.8, 4) is 11.8 Å². The zero-order chi connectivity index (χ0) is 8.97. The van der Waals surface area contributed by atoms with Crippen molar-refractivity contribution in [1.82, 2.24) is 4.98 Å². The van der Waals surface area contributed by atoms with Crippen LogP contribution in [0.2, 0.25) is 0 Å². The van der Waals surface area contributed by atoms with Crippen LogP contribution < -0.4 is 11.5 Å². The number of anilines is 1. The quantitative estimate of drug-likeness (QED) is 0.503. The Morgan fingerprint density at radius 2 is 2.33 bits per heavy atom. The molecule has 4 heteroatoms. The second-order valence-corrected chi connectivity index (χ2v) is 2.09. The molecule has 0 bridgehead atoms. The van der Waals surface area contributed by atoms with Crippen LogP contribution in [-0.4, -0.2) is 10.9 Å². The van der Waals surface area contributed by atoms with E-state index in [9.17, 15) is 4.79 Å². The molecule has 1 heterocycles. The number of rotatable bonds is 0. The van der Waals surface area contributed by atoms with Crippen molar-refractivity contribution in [3.63, 3.8) is 0 Å². The van der Waals surface area contributed by atoms with E-state index in [0.29, 0.717) is 11.4 Å². The van der Waals surface area contributed by atoms with Gasteiger partial charge in [-0.25, -0.2) is 4.98 Å². The largest absolute Gasteiger partial charge is 0.399 e. The van der Waals surface area contributed by atoms with E-state index in [4.69, 9.17) is 11.5 Å². The van der Waals surface area contributed by atoms with Crippen molar-refractivity contribution in [2.24, 2.45) is 5.73 Å². The highest BCUT2D eigenvalue weighted by atomic mass is 16.1. The second kappa shape index (κ2) is 3.39. The maximum Gasteiger partial charge on any atom is 0.293 e. The number of nitrogen functional groups attached to an aromatic ring is 1. The van der Waals surface area contributed by atoms with Gasteiger partial charge in [-0.15, -0.1) is 0 Å². The van der Waals surface area contributed by atoms with E-state index in [-0.39, 0.29) is 0 Å². The number of carbonyl (C=O) groups excluding carboxylic acids is 1. The fraction of sp³-hybridized carbons (Fsp3) is 0. The number of aromatic nitrogens is 1. The molecular formula is C8H7N3O. The van der Waals surface area contributed by atoms with Crippen molar-refractivity contribution < 1.29 is 4.79 Å². The van der Waals surface area contributed by atoms with Crippen LogP contribution in [0.15, 0.2) is 18.3 Å². The average Bonchev–Trinajstić information content (AvgIpc) is 2.01. The highest BCUT2D eigenvalue weighted by Gasteiger charge is 1.89. The van der Waals surface area contributed by atoms with Gasteiger partial charge in [0.25, 0.3) is 5.91 Å². The lowest BCUT2D eigenvalue weighted by Gasteiger charge is -1.90. The summed E-state index contributed by atoms with van der Waals surface area (Å²) >= 11 is 0. The highest BCUT2D eigenvalue weighted by Crippen LogP contribution is 2.00. The first kappa shape index (κ1) is 8.08. The van der Waals surface area contributed by atoms with Gasteiger partial charge < -0.3 is 11.5 Å². The van der Waals surface area contributed by atoms with E-state index in [0.717, 1.165) is 0 Å². The van der Waals surface area contributed by atoms with Crippen LogP contribution in [-0.2, 0) is 4.79 Å². The molecule has 12 heavy (non-hydrogen) atoms. The summed E-state index contributed by atoms with van der Waals surface area (Å²) in [5.41, 5.74) is 11.2. The van der Waals surface area contributed by atoms with Gasteiger partial charge in [-0.05, 0) is 18.1 Å². The van der Waals surface area contributed by atoms with Gasteiger partial charge in [-0.1, -0.05) is 0 Å². The zero-order valence-electron chi connectivity index (χ0n) is 6.24. The van der Waals surface area contributed by atoms with Crippen molar-refractivity contribution in [2.45, 2.75) is 0 Å². The maximum absolute atomic E-state index is 10.2. The lowest BCUT2D eigenvalue weighted by atomic mass is 10.3. The van der Waals surface area contributed by atoms with Crippen LogP contribution in [0, 0.1) is 11.8 Å². The van der Waals surface area contributed by atoms with Crippen LogP contribution in [0.4, 0.5) is 5.69 Å². The number of nitrogens with two attached hydrogens (primary N) is 2. The van der Waals surface area contributed by atoms with Gasteiger partial charge in [0.1, 0.15) is 5.69 Å². The second-order valence-electron chi connectivity index (χ2n) is 2.09. The van der Waals surface area contributed by atoms with Crippen LogP contribution >= 0.6 is 0 Å². The molecule has 0 radical (unpaired) electrons. The molecule has 0 aliphatic heterocycles. The summed E-state index contributed by atoms with van der Waals surface area (Å²) < 4.78 is 0. The summed E-state index contributed by atoms with van der Waals surface area (Å²) in [6.07, 6.45) is 1.51. The lowest BCUT2D eigenvalue weighted by Crippen LogP contribution is -2.06. The maximum atomic E-state index is 10.2. The first-order valence-corrected chi connectivity index (χ1v) is 3.21. The number of hydrogen-bond donors (Lipinski definition) is 2. The fourth-order valence-electron chi connectivity index (χ4n) is 0.641. The van der Waals surface area contributed by atoms with Crippen molar-refractivity contribution >= 4 is 11.6 Å². The number of pyridine rings is 1. The molecule has 0 saturated heterocycles. The fourth-order valence-corrected chi connectivity index (χ4v) is 0.641. The van der Waals surface area contributed by atoms with E-state index < -0.39 is 5.91 Å². The molecule has 0 unspecified atom stereocenters. The molecule has 0 fully saturated rings. The Balaban J connectivity index is 2.92. The molecule has 0 aromatic carbocycles. The Bertz CT molecular complexity index is 362. The first-order chi connectivity index (χ1) is 5.68. The van der Waals surface area contributed by atoms with E-state index in [1.165, 1.54) is 6.20 Å². The Kier molecular flexibility index (Phi) is 2.29. The summed E-state index contributed by atoms with van der Waals surface area (Å²) in [6, 6.07) is 3.20. The Labute approximate surface area is 69.6 Å². The number of amides is 1. The van der Waals surface area contributed by atoms with Crippen LogP contribution in [0.3, 0.4) is 0 Å². The third-order valence-electron chi connectivity index (χ3n) is 1.10. The highest BCUT2D eigenvalue weighted by molar-refractivity contribution is 5.92. The predicted octanol–water partition coefficient (Wildman–Crippen LogP) is -0.499. The summed E-state index contributed by atoms with van der Waals surface area (Å²) in [4.78, 5) is 14.1. The van der Waals surface area contributed by atoms with E-state index in [1.807, 2.05) is 0 Å². The molecule has 60 valence electrons. The summed E-state index contributed by atoms with van der Waals surface area (Å²) in [6.45, 7) is 0. The molecule has 0 aliphatic carbocycles. The third-order valence-corrected chi connectivity index (χ3v) is 1.10. The monoisotopic (exact) mass is 161 g/mol. The van der Waals surface area contributed by atoms with Gasteiger partial charge in [0.2, 0.25) is 0 Å². The number of hydrogen-bond acceptors (Lipinski definition) is 3. The summed E-state index contributed by atoms with van der Waals surface area (Å²) in [5.74, 6) is 3.95. The standard InChI is InChI=1S/C8H7N3O/c9-6-3-4-11-7(5-6)1-2-8(10)12/h3-5H,(H2,9,11)(H2,10,12). The van der Waals surface area contributed by atoms with E-state index in [1.54, 1.807) is 12.1 Å². The summed E-state index contributed by atoms with van der Waals surface area (Å²) in [7, 11) is 0. The molecular weight excluding hydrogens is 154 g/mol. The van der Waals surface area contributed by atoms with Gasteiger partial charge in [0, 0.05) is 17.8 Å². The topological polar surface area (TPSA) is 82.0 Å². The van der Waals surface area contributed by atoms with E-state index >= 15 is 0 Å². The molecule has 0 atom stereocenters. The van der Waals surface area contributed by atoms with Gasteiger partial charge in [-0.2, -0.15) is 0 Å². The van der Waals surface area contributed by atoms with Crippen LogP contribution in [0.1, 0.15) is 5.69 Å². The van der Waals surface area contributed by atoms with Crippen LogP contribution in [0.25, 0.3) is 0 Å². The third kappa shape index (κ3) is 2.31.